The van der Waals surface area contributed by atoms with Crippen molar-refractivity contribution in [3.63, 3.8) is 0 Å². The van der Waals surface area contributed by atoms with E-state index in [-0.39, 0.29) is 5.75 Å². The summed E-state index contributed by atoms with van der Waals surface area (Å²) in [5, 5.41) is 4.98. The maximum atomic E-state index is 10.8. The Labute approximate surface area is 87.1 Å². The van der Waals surface area contributed by atoms with Gasteiger partial charge in [-0.1, -0.05) is 13.8 Å². The lowest BCUT2D eigenvalue weighted by atomic mass is 9.72. The average molecular weight is 219 g/mol. The van der Waals surface area contributed by atoms with Crippen LogP contribution in [0.1, 0.15) is 46.0 Å². The van der Waals surface area contributed by atoms with E-state index >= 15 is 0 Å². The Morgan fingerprint density at radius 2 is 1.79 bits per heavy atom. The zero-order valence-electron chi connectivity index (χ0n) is 9.12. The van der Waals surface area contributed by atoms with E-state index in [1.165, 1.54) is 12.8 Å². The Kier molecular flexibility index (Phi) is 3.58. The summed E-state index contributed by atoms with van der Waals surface area (Å²) in [4.78, 5) is 0. The highest BCUT2D eigenvalue weighted by Crippen LogP contribution is 2.39. The molecule has 0 amide bonds. The minimum absolute atomic E-state index is 0.151. The quantitative estimate of drug-likeness (QED) is 0.788. The molecule has 0 heterocycles. The van der Waals surface area contributed by atoms with Crippen LogP contribution in [-0.2, 0) is 10.0 Å². The first kappa shape index (κ1) is 12.0. The van der Waals surface area contributed by atoms with Crippen molar-refractivity contribution < 1.29 is 8.42 Å². The minimum Gasteiger partial charge on any atom is -0.229 e. The fraction of sp³-hybridized carbons (Fsp3) is 1.00. The van der Waals surface area contributed by atoms with Gasteiger partial charge < -0.3 is 0 Å². The summed E-state index contributed by atoms with van der Waals surface area (Å²) in [5.41, 5.74) is 0.456. The number of sulfonamides is 1. The zero-order chi connectivity index (χ0) is 10.8. The number of nitrogens with two attached hydrogens (primary N) is 1. The van der Waals surface area contributed by atoms with Crippen molar-refractivity contribution >= 4 is 10.0 Å². The molecule has 1 rings (SSSR count). The molecular formula is C10H21NO2S. The molecule has 0 aromatic carbocycles. The van der Waals surface area contributed by atoms with Crippen molar-refractivity contribution in [3.8, 4) is 0 Å². The third-order valence-electron chi connectivity index (χ3n) is 3.27. The first-order chi connectivity index (χ1) is 6.29. The van der Waals surface area contributed by atoms with Crippen molar-refractivity contribution in [3.05, 3.63) is 0 Å². The van der Waals surface area contributed by atoms with Gasteiger partial charge in [0.1, 0.15) is 0 Å². The monoisotopic (exact) mass is 219 g/mol. The first-order valence-electron chi connectivity index (χ1n) is 5.29. The number of primary sulfonamides is 1. The highest BCUT2D eigenvalue weighted by Gasteiger charge is 2.26. The highest BCUT2D eigenvalue weighted by atomic mass is 32.2. The predicted octanol–water partition coefficient (Wildman–Crippen LogP) is 1.88. The van der Waals surface area contributed by atoms with Gasteiger partial charge in [-0.2, -0.15) is 0 Å². The molecule has 3 nitrogen and oxygen atoms in total. The second-order valence-electron chi connectivity index (χ2n) is 5.26. The summed E-state index contributed by atoms with van der Waals surface area (Å²) < 4.78 is 21.6. The van der Waals surface area contributed by atoms with Gasteiger partial charge in [-0.3, -0.25) is 0 Å². The summed E-state index contributed by atoms with van der Waals surface area (Å²) in [6.07, 6.45) is 5.48. The minimum atomic E-state index is -3.25. The van der Waals surface area contributed by atoms with Crippen LogP contribution >= 0.6 is 0 Å². The molecule has 0 unspecified atom stereocenters. The molecule has 1 aliphatic rings. The largest absolute Gasteiger partial charge is 0.229 e. The van der Waals surface area contributed by atoms with Crippen LogP contribution in [0.2, 0.25) is 0 Å². The van der Waals surface area contributed by atoms with Crippen LogP contribution in [0.25, 0.3) is 0 Å². The van der Waals surface area contributed by atoms with E-state index in [9.17, 15) is 8.42 Å². The molecule has 0 radical (unpaired) electrons. The average Bonchev–Trinajstić information content (AvgIpc) is 2.01. The zero-order valence-corrected chi connectivity index (χ0v) is 9.94. The SMILES string of the molecule is CC1(C)CCC(CCS(N)(=O)=O)CC1. The second-order valence-corrected chi connectivity index (χ2v) is 7.00. The van der Waals surface area contributed by atoms with E-state index in [0.29, 0.717) is 11.3 Å². The molecule has 0 saturated heterocycles. The summed E-state index contributed by atoms with van der Waals surface area (Å²) >= 11 is 0. The lowest BCUT2D eigenvalue weighted by molar-refractivity contribution is 0.189. The van der Waals surface area contributed by atoms with Crippen molar-refractivity contribution in [1.82, 2.24) is 0 Å². The fourth-order valence-corrected chi connectivity index (χ4v) is 2.74. The molecule has 1 fully saturated rings. The first-order valence-corrected chi connectivity index (χ1v) is 7.00. The smallest absolute Gasteiger partial charge is 0.209 e. The standard InChI is InChI=1S/C10H21NO2S/c1-10(2)6-3-9(4-7-10)5-8-14(11,12)13/h9H,3-8H2,1-2H3,(H2,11,12,13). The topological polar surface area (TPSA) is 60.2 Å². The maximum absolute atomic E-state index is 10.8. The van der Waals surface area contributed by atoms with Crippen LogP contribution in [0, 0.1) is 11.3 Å². The summed E-state index contributed by atoms with van der Waals surface area (Å²) in [7, 11) is -3.25. The number of hydrogen-bond acceptors (Lipinski definition) is 2. The van der Waals surface area contributed by atoms with Crippen molar-refractivity contribution in [2.24, 2.45) is 16.5 Å². The third-order valence-corrected chi connectivity index (χ3v) is 4.07. The third kappa shape index (κ3) is 4.42. The van der Waals surface area contributed by atoms with E-state index < -0.39 is 10.0 Å². The molecule has 0 aromatic heterocycles. The van der Waals surface area contributed by atoms with E-state index in [2.05, 4.69) is 13.8 Å². The van der Waals surface area contributed by atoms with Crippen LogP contribution in [0.4, 0.5) is 0 Å². The van der Waals surface area contributed by atoms with E-state index in [1.807, 2.05) is 0 Å². The Morgan fingerprint density at radius 1 is 1.29 bits per heavy atom. The Balaban J connectivity index is 2.30. The number of hydrogen-bond donors (Lipinski definition) is 1. The van der Waals surface area contributed by atoms with Gasteiger partial charge in [0.25, 0.3) is 0 Å². The van der Waals surface area contributed by atoms with E-state index in [0.717, 1.165) is 19.3 Å². The molecule has 0 atom stereocenters. The molecule has 0 spiro atoms. The summed E-state index contributed by atoms with van der Waals surface area (Å²) in [5.74, 6) is 0.722. The van der Waals surface area contributed by atoms with Gasteiger partial charge in [-0.05, 0) is 43.4 Å². The Bertz CT molecular complexity index is 272. The lowest BCUT2D eigenvalue weighted by Gasteiger charge is -2.34. The fourth-order valence-electron chi connectivity index (χ4n) is 2.08. The molecule has 0 aliphatic heterocycles. The Hall–Kier alpha value is -0.0900. The van der Waals surface area contributed by atoms with Crippen molar-refractivity contribution in [1.29, 1.82) is 0 Å². The highest BCUT2D eigenvalue weighted by molar-refractivity contribution is 7.89. The van der Waals surface area contributed by atoms with Gasteiger partial charge >= 0.3 is 0 Å². The molecule has 0 bridgehead atoms. The second kappa shape index (κ2) is 4.19. The lowest BCUT2D eigenvalue weighted by Crippen LogP contribution is -2.24. The molecule has 1 aliphatic carbocycles. The molecule has 84 valence electrons. The van der Waals surface area contributed by atoms with E-state index in [1.54, 1.807) is 0 Å². The van der Waals surface area contributed by atoms with Gasteiger partial charge in [-0.25, -0.2) is 13.6 Å². The van der Waals surface area contributed by atoms with Gasteiger partial charge in [0, 0.05) is 0 Å². The van der Waals surface area contributed by atoms with E-state index in [4.69, 9.17) is 5.14 Å². The van der Waals surface area contributed by atoms with Gasteiger partial charge in [0.05, 0.1) is 5.75 Å². The van der Waals surface area contributed by atoms with Crippen LogP contribution < -0.4 is 5.14 Å². The van der Waals surface area contributed by atoms with Crippen LogP contribution in [0.5, 0.6) is 0 Å². The van der Waals surface area contributed by atoms with Crippen molar-refractivity contribution in [2.75, 3.05) is 5.75 Å². The van der Waals surface area contributed by atoms with Gasteiger partial charge in [0.15, 0.2) is 0 Å². The van der Waals surface area contributed by atoms with Crippen LogP contribution in [0.3, 0.4) is 0 Å². The normalized spacial score (nSPS) is 23.6. The summed E-state index contributed by atoms with van der Waals surface area (Å²) in [6.45, 7) is 4.56. The van der Waals surface area contributed by atoms with Crippen LogP contribution in [-0.4, -0.2) is 14.2 Å². The van der Waals surface area contributed by atoms with Crippen LogP contribution in [0.15, 0.2) is 0 Å². The molecule has 2 N–H and O–H groups in total. The molecule has 0 aromatic rings. The number of rotatable bonds is 3. The molecular weight excluding hydrogens is 198 g/mol. The molecule has 14 heavy (non-hydrogen) atoms. The maximum Gasteiger partial charge on any atom is 0.209 e. The van der Waals surface area contributed by atoms with Crippen molar-refractivity contribution in [2.45, 2.75) is 46.0 Å². The Morgan fingerprint density at radius 3 is 2.21 bits per heavy atom. The molecule has 4 heteroatoms. The van der Waals surface area contributed by atoms with Gasteiger partial charge in [-0.15, -0.1) is 0 Å². The van der Waals surface area contributed by atoms with Gasteiger partial charge in [0.2, 0.25) is 10.0 Å². The molecule has 1 saturated carbocycles. The summed E-state index contributed by atoms with van der Waals surface area (Å²) in [6, 6.07) is 0. The predicted molar refractivity (Wildman–Crippen MR) is 58.3 cm³/mol.